The number of ether oxygens (including phenoxy) is 1. The van der Waals surface area contributed by atoms with Gasteiger partial charge in [-0.25, -0.2) is 4.79 Å². The lowest BCUT2D eigenvalue weighted by Gasteiger charge is -2.12. The first-order chi connectivity index (χ1) is 10.2. The minimum Gasteiger partial charge on any atom is -0.464 e. The molecule has 1 N–H and O–H groups in total. The molecule has 1 atom stereocenters. The Balaban J connectivity index is 2.25. The Labute approximate surface area is 124 Å². The summed E-state index contributed by atoms with van der Waals surface area (Å²) in [5.41, 5.74) is 2.39. The van der Waals surface area contributed by atoms with Crippen LogP contribution in [-0.4, -0.2) is 17.7 Å². The third-order valence-corrected chi connectivity index (χ3v) is 3.06. The van der Waals surface area contributed by atoms with Crippen LogP contribution in [0.4, 0.5) is 0 Å². The summed E-state index contributed by atoms with van der Waals surface area (Å²) in [6.45, 7) is 1.96. The van der Waals surface area contributed by atoms with Gasteiger partial charge in [0.25, 0.3) is 0 Å². The van der Waals surface area contributed by atoms with Crippen molar-refractivity contribution in [3.05, 3.63) is 71.3 Å². The number of carbonyl (C=O) groups excluding carboxylic acids is 1. The molecule has 0 amide bonds. The number of aliphatic hydroxyl groups is 1. The van der Waals surface area contributed by atoms with Gasteiger partial charge in [-0.15, -0.1) is 0 Å². The molecule has 2 aromatic rings. The van der Waals surface area contributed by atoms with E-state index in [4.69, 9.17) is 4.74 Å². The predicted octanol–water partition coefficient (Wildman–Crippen LogP) is 3.45. The van der Waals surface area contributed by atoms with E-state index in [0.29, 0.717) is 5.56 Å². The maximum Gasteiger partial charge on any atom is 0.339 e. The molecule has 0 aliphatic carbocycles. The van der Waals surface area contributed by atoms with Gasteiger partial charge in [0.05, 0.1) is 6.61 Å². The van der Waals surface area contributed by atoms with Crippen molar-refractivity contribution in [2.24, 2.45) is 0 Å². The molecule has 0 aromatic heterocycles. The van der Waals surface area contributed by atoms with Crippen LogP contribution in [0.15, 0.2) is 54.6 Å². The zero-order valence-electron chi connectivity index (χ0n) is 11.9. The van der Waals surface area contributed by atoms with Crippen molar-refractivity contribution in [3.8, 4) is 0 Å². The second-order valence-electron chi connectivity index (χ2n) is 4.53. The van der Waals surface area contributed by atoms with Crippen LogP contribution >= 0.6 is 0 Å². The monoisotopic (exact) mass is 282 g/mol. The zero-order valence-corrected chi connectivity index (χ0v) is 11.9. The number of aliphatic hydroxyl groups excluding tert-OH is 1. The fraction of sp³-hybridized carbons (Fsp3) is 0.167. The molecule has 0 radical (unpaired) electrons. The Morgan fingerprint density at radius 3 is 2.48 bits per heavy atom. The predicted molar refractivity (Wildman–Crippen MR) is 83.4 cm³/mol. The maximum atomic E-state index is 11.7. The molecule has 2 rings (SSSR count). The first-order valence-electron chi connectivity index (χ1n) is 6.89. The van der Waals surface area contributed by atoms with E-state index in [1.807, 2.05) is 54.6 Å². The molecule has 0 aliphatic rings. The van der Waals surface area contributed by atoms with Gasteiger partial charge in [0.15, 0.2) is 6.10 Å². The topological polar surface area (TPSA) is 46.5 Å². The molecular weight excluding hydrogens is 264 g/mol. The van der Waals surface area contributed by atoms with Crippen LogP contribution in [0, 0.1) is 0 Å². The third kappa shape index (κ3) is 4.04. The van der Waals surface area contributed by atoms with Gasteiger partial charge in [-0.05, 0) is 23.6 Å². The molecule has 0 spiro atoms. The van der Waals surface area contributed by atoms with Gasteiger partial charge >= 0.3 is 5.97 Å². The molecule has 0 heterocycles. The molecule has 108 valence electrons. The molecule has 0 fully saturated rings. The fourth-order valence-corrected chi connectivity index (χ4v) is 2.01. The third-order valence-electron chi connectivity index (χ3n) is 3.06. The van der Waals surface area contributed by atoms with E-state index in [-0.39, 0.29) is 6.61 Å². The number of rotatable bonds is 5. The summed E-state index contributed by atoms with van der Waals surface area (Å²) in [5.74, 6) is -0.627. The second kappa shape index (κ2) is 7.41. The molecule has 0 saturated heterocycles. The minimum absolute atomic E-state index is 0.248. The highest BCUT2D eigenvalue weighted by molar-refractivity contribution is 5.80. The summed E-state index contributed by atoms with van der Waals surface area (Å²) in [6.07, 6.45) is 2.56. The molecule has 0 aliphatic heterocycles. The Morgan fingerprint density at radius 1 is 1.10 bits per heavy atom. The second-order valence-corrected chi connectivity index (χ2v) is 4.53. The molecule has 3 nitrogen and oxygen atoms in total. The molecule has 1 unspecified atom stereocenters. The van der Waals surface area contributed by atoms with Gasteiger partial charge in [-0.1, -0.05) is 66.7 Å². The van der Waals surface area contributed by atoms with Crippen molar-refractivity contribution in [2.75, 3.05) is 6.61 Å². The number of hydrogen-bond acceptors (Lipinski definition) is 3. The SMILES string of the molecule is CCOC(=O)C(O)c1ccccc1C=Cc1ccccc1. The van der Waals surface area contributed by atoms with Gasteiger partial charge in [-0.3, -0.25) is 0 Å². The van der Waals surface area contributed by atoms with Crippen LogP contribution in [0.5, 0.6) is 0 Å². The molecule has 0 saturated carbocycles. The summed E-state index contributed by atoms with van der Waals surface area (Å²) in [5, 5.41) is 10.1. The highest BCUT2D eigenvalue weighted by atomic mass is 16.5. The Morgan fingerprint density at radius 2 is 1.76 bits per heavy atom. The van der Waals surface area contributed by atoms with E-state index in [1.165, 1.54) is 0 Å². The lowest BCUT2D eigenvalue weighted by Crippen LogP contribution is -2.16. The highest BCUT2D eigenvalue weighted by Gasteiger charge is 2.20. The standard InChI is InChI=1S/C18H18O3/c1-2-21-18(20)17(19)16-11-7-6-10-15(16)13-12-14-8-4-3-5-9-14/h3-13,17,19H,2H2,1H3. The van der Waals surface area contributed by atoms with Crippen molar-refractivity contribution in [3.63, 3.8) is 0 Å². The van der Waals surface area contributed by atoms with Gasteiger partial charge < -0.3 is 9.84 Å². The van der Waals surface area contributed by atoms with Gasteiger partial charge in [0.1, 0.15) is 0 Å². The Kier molecular flexibility index (Phi) is 5.29. The smallest absolute Gasteiger partial charge is 0.339 e. The van der Waals surface area contributed by atoms with Crippen molar-refractivity contribution in [2.45, 2.75) is 13.0 Å². The van der Waals surface area contributed by atoms with Crippen molar-refractivity contribution >= 4 is 18.1 Å². The molecule has 0 bridgehead atoms. The van der Waals surface area contributed by atoms with E-state index < -0.39 is 12.1 Å². The summed E-state index contributed by atoms with van der Waals surface area (Å²) < 4.78 is 4.86. The largest absolute Gasteiger partial charge is 0.464 e. The molecule has 2 aromatic carbocycles. The Hall–Kier alpha value is -2.39. The molecule has 3 heteroatoms. The van der Waals surface area contributed by atoms with E-state index in [9.17, 15) is 9.90 Å². The number of benzene rings is 2. The first-order valence-corrected chi connectivity index (χ1v) is 6.89. The summed E-state index contributed by atoms with van der Waals surface area (Å²) in [4.78, 5) is 11.7. The first kappa shape index (κ1) is 15.0. The number of hydrogen-bond donors (Lipinski definition) is 1. The van der Waals surface area contributed by atoms with E-state index >= 15 is 0 Å². The normalized spacial score (nSPS) is 12.3. The maximum absolute atomic E-state index is 11.7. The van der Waals surface area contributed by atoms with Gasteiger partial charge in [0, 0.05) is 0 Å². The average molecular weight is 282 g/mol. The Bertz CT molecular complexity index is 617. The van der Waals surface area contributed by atoms with Gasteiger partial charge in [-0.2, -0.15) is 0 Å². The lowest BCUT2D eigenvalue weighted by molar-refractivity contribution is -0.153. The van der Waals surface area contributed by atoms with Crippen LogP contribution in [-0.2, 0) is 9.53 Å². The average Bonchev–Trinajstić information content (AvgIpc) is 2.54. The number of carbonyl (C=O) groups is 1. The van der Waals surface area contributed by atoms with E-state index in [2.05, 4.69) is 0 Å². The molecular formula is C18H18O3. The fourth-order valence-electron chi connectivity index (χ4n) is 2.01. The van der Waals surface area contributed by atoms with Gasteiger partial charge in [0.2, 0.25) is 0 Å². The van der Waals surface area contributed by atoms with E-state index in [1.54, 1.807) is 19.1 Å². The summed E-state index contributed by atoms with van der Waals surface area (Å²) in [7, 11) is 0. The number of esters is 1. The van der Waals surface area contributed by atoms with Crippen molar-refractivity contribution < 1.29 is 14.6 Å². The van der Waals surface area contributed by atoms with Crippen LogP contribution in [0.2, 0.25) is 0 Å². The van der Waals surface area contributed by atoms with Crippen LogP contribution in [0.3, 0.4) is 0 Å². The van der Waals surface area contributed by atoms with E-state index in [0.717, 1.165) is 11.1 Å². The lowest BCUT2D eigenvalue weighted by atomic mass is 10.0. The quantitative estimate of drug-likeness (QED) is 0.675. The van der Waals surface area contributed by atoms with Crippen molar-refractivity contribution in [1.82, 2.24) is 0 Å². The zero-order chi connectivity index (χ0) is 15.1. The molecule has 21 heavy (non-hydrogen) atoms. The van der Waals surface area contributed by atoms with Crippen molar-refractivity contribution in [1.29, 1.82) is 0 Å². The minimum atomic E-state index is -1.26. The van der Waals surface area contributed by atoms with Crippen LogP contribution in [0.1, 0.15) is 29.7 Å². The summed E-state index contributed by atoms with van der Waals surface area (Å²) >= 11 is 0. The van der Waals surface area contributed by atoms with Crippen LogP contribution in [0.25, 0.3) is 12.2 Å². The van der Waals surface area contributed by atoms with Crippen LogP contribution < -0.4 is 0 Å². The summed E-state index contributed by atoms with van der Waals surface area (Å²) in [6, 6.07) is 17.1. The highest BCUT2D eigenvalue weighted by Crippen LogP contribution is 2.21.